The highest BCUT2D eigenvalue weighted by atomic mass is 32.1. The van der Waals surface area contributed by atoms with Gasteiger partial charge in [0.2, 0.25) is 0 Å². The summed E-state index contributed by atoms with van der Waals surface area (Å²) < 4.78 is 0. The highest BCUT2D eigenvalue weighted by molar-refractivity contribution is 7.09. The number of hydrogen-bond donors (Lipinski definition) is 1. The molecule has 0 amide bonds. The Morgan fingerprint density at radius 3 is 3.08 bits per heavy atom. The van der Waals surface area contributed by atoms with Gasteiger partial charge in [-0.1, -0.05) is 19.8 Å². The lowest BCUT2D eigenvalue weighted by Gasteiger charge is -2.00. The summed E-state index contributed by atoms with van der Waals surface area (Å²) in [6, 6.07) is 0. The summed E-state index contributed by atoms with van der Waals surface area (Å²) >= 11 is 1.71. The van der Waals surface area contributed by atoms with E-state index in [1.54, 1.807) is 11.3 Å². The van der Waals surface area contributed by atoms with E-state index in [2.05, 4.69) is 17.2 Å². The van der Waals surface area contributed by atoms with Crippen LogP contribution in [-0.4, -0.2) is 11.5 Å². The van der Waals surface area contributed by atoms with Crippen LogP contribution in [0.15, 0.2) is 11.7 Å². The number of rotatable bonds is 6. The van der Waals surface area contributed by atoms with Gasteiger partial charge in [0.25, 0.3) is 0 Å². The van der Waals surface area contributed by atoms with Gasteiger partial charge in [0.1, 0.15) is 0 Å². The Hall–Kier alpha value is -0.410. The molecule has 0 unspecified atom stereocenters. The third-order valence-electron chi connectivity index (χ3n) is 1.74. The second-order valence-electron chi connectivity index (χ2n) is 2.85. The molecule has 2 nitrogen and oxygen atoms in total. The monoisotopic (exact) mass is 184 g/mol. The fourth-order valence-electron chi connectivity index (χ4n) is 1.04. The third-order valence-corrected chi connectivity index (χ3v) is 2.52. The zero-order chi connectivity index (χ0) is 8.65. The number of hydrogen-bond acceptors (Lipinski definition) is 3. The summed E-state index contributed by atoms with van der Waals surface area (Å²) in [7, 11) is 0. The molecule has 68 valence electrons. The summed E-state index contributed by atoms with van der Waals surface area (Å²) in [6.45, 7) is 4.34. The first kappa shape index (κ1) is 9.68. The maximum atomic E-state index is 4.02. The average molecular weight is 184 g/mol. The molecule has 1 N–H and O–H groups in total. The topological polar surface area (TPSA) is 24.9 Å². The lowest BCUT2D eigenvalue weighted by atomic mass is 10.2. The van der Waals surface area contributed by atoms with Crippen LogP contribution in [0.2, 0.25) is 0 Å². The van der Waals surface area contributed by atoms with E-state index in [1.807, 2.05) is 11.7 Å². The first-order chi connectivity index (χ1) is 5.93. The molecule has 0 fully saturated rings. The Labute approximate surface area is 78.0 Å². The van der Waals surface area contributed by atoms with E-state index in [1.165, 1.54) is 24.1 Å². The molecule has 0 aliphatic carbocycles. The minimum Gasteiger partial charge on any atom is -0.312 e. The van der Waals surface area contributed by atoms with Crippen LogP contribution in [0.25, 0.3) is 0 Å². The highest BCUT2D eigenvalue weighted by Gasteiger charge is 1.92. The predicted molar refractivity (Wildman–Crippen MR) is 53.3 cm³/mol. The molecule has 1 aromatic rings. The van der Waals surface area contributed by atoms with Crippen LogP contribution in [0, 0.1) is 0 Å². The van der Waals surface area contributed by atoms with Gasteiger partial charge < -0.3 is 5.32 Å². The summed E-state index contributed by atoms with van der Waals surface area (Å²) in [5.74, 6) is 0. The fourth-order valence-corrected chi connectivity index (χ4v) is 1.61. The summed E-state index contributed by atoms with van der Waals surface area (Å²) in [4.78, 5) is 5.34. The van der Waals surface area contributed by atoms with Crippen molar-refractivity contribution in [2.45, 2.75) is 32.7 Å². The second kappa shape index (κ2) is 6.14. The molecule has 1 heterocycles. The van der Waals surface area contributed by atoms with Gasteiger partial charge in [-0.2, -0.15) is 0 Å². The van der Waals surface area contributed by atoms with Gasteiger partial charge >= 0.3 is 0 Å². The van der Waals surface area contributed by atoms with Gasteiger partial charge in [-0.05, 0) is 13.0 Å². The molecule has 0 atom stereocenters. The van der Waals surface area contributed by atoms with Crippen LogP contribution in [0.1, 0.15) is 31.1 Å². The molecule has 12 heavy (non-hydrogen) atoms. The van der Waals surface area contributed by atoms with Crippen LogP contribution >= 0.6 is 11.3 Å². The van der Waals surface area contributed by atoms with Crippen molar-refractivity contribution in [1.82, 2.24) is 10.3 Å². The van der Waals surface area contributed by atoms with E-state index >= 15 is 0 Å². The Morgan fingerprint density at radius 2 is 2.42 bits per heavy atom. The van der Waals surface area contributed by atoms with Crippen molar-refractivity contribution in [2.75, 3.05) is 6.54 Å². The quantitative estimate of drug-likeness (QED) is 0.687. The van der Waals surface area contributed by atoms with Gasteiger partial charge in [-0.25, -0.2) is 0 Å². The van der Waals surface area contributed by atoms with Crippen molar-refractivity contribution in [2.24, 2.45) is 0 Å². The first-order valence-electron chi connectivity index (χ1n) is 4.51. The minimum atomic E-state index is 0.981. The van der Waals surface area contributed by atoms with Gasteiger partial charge in [0, 0.05) is 17.6 Å². The van der Waals surface area contributed by atoms with Crippen molar-refractivity contribution >= 4 is 11.3 Å². The van der Waals surface area contributed by atoms with E-state index in [9.17, 15) is 0 Å². The lowest BCUT2D eigenvalue weighted by Crippen LogP contribution is -2.13. The molecule has 0 bridgehead atoms. The van der Waals surface area contributed by atoms with Crippen LogP contribution in [-0.2, 0) is 6.54 Å². The average Bonchev–Trinajstić information content (AvgIpc) is 2.57. The molecule has 0 spiro atoms. The molecule has 0 aliphatic heterocycles. The molecule has 0 saturated carbocycles. The molecule has 0 radical (unpaired) electrons. The molecular formula is C9H16N2S. The zero-order valence-corrected chi connectivity index (χ0v) is 8.36. The normalized spacial score (nSPS) is 10.4. The molecule has 3 heteroatoms. The molecule has 0 saturated heterocycles. The molecule has 1 aromatic heterocycles. The Bertz CT molecular complexity index is 184. The molecule has 0 aliphatic rings. The highest BCUT2D eigenvalue weighted by Crippen LogP contribution is 2.04. The van der Waals surface area contributed by atoms with E-state index in [4.69, 9.17) is 0 Å². The summed E-state index contributed by atoms with van der Waals surface area (Å²) in [5.41, 5.74) is 1.88. The molecular weight excluding hydrogens is 168 g/mol. The predicted octanol–water partition coefficient (Wildman–Crippen LogP) is 2.42. The van der Waals surface area contributed by atoms with Crippen molar-refractivity contribution in [1.29, 1.82) is 0 Å². The van der Waals surface area contributed by atoms with E-state index < -0.39 is 0 Å². The van der Waals surface area contributed by atoms with Crippen LogP contribution < -0.4 is 5.32 Å². The number of aromatic nitrogens is 1. The summed E-state index contributed by atoms with van der Waals surface area (Å²) in [6.07, 6.45) is 5.84. The number of thiazole rings is 1. The maximum absolute atomic E-state index is 4.02. The van der Waals surface area contributed by atoms with Gasteiger partial charge in [-0.3, -0.25) is 4.98 Å². The van der Waals surface area contributed by atoms with Gasteiger partial charge in [-0.15, -0.1) is 11.3 Å². The number of nitrogens with zero attached hydrogens (tertiary/aromatic N) is 1. The van der Waals surface area contributed by atoms with Crippen molar-refractivity contribution in [3.05, 3.63) is 16.6 Å². The molecule has 0 aromatic carbocycles. The summed E-state index contributed by atoms with van der Waals surface area (Å²) in [5, 5.41) is 3.39. The van der Waals surface area contributed by atoms with Gasteiger partial charge in [0.05, 0.1) is 5.51 Å². The Kier molecular flexibility index (Phi) is 4.95. The zero-order valence-electron chi connectivity index (χ0n) is 7.55. The van der Waals surface area contributed by atoms with Crippen molar-refractivity contribution in [3.63, 3.8) is 0 Å². The standard InChI is InChI=1S/C9H16N2S/c1-2-3-4-5-10-6-9-7-11-8-12-9/h7-8,10H,2-6H2,1H3. The lowest BCUT2D eigenvalue weighted by molar-refractivity contribution is 0.620. The number of nitrogens with one attached hydrogen (secondary N) is 1. The van der Waals surface area contributed by atoms with Crippen LogP contribution in [0.5, 0.6) is 0 Å². The smallest absolute Gasteiger partial charge is 0.0794 e. The maximum Gasteiger partial charge on any atom is 0.0794 e. The van der Waals surface area contributed by atoms with E-state index in [0.717, 1.165) is 13.1 Å². The Morgan fingerprint density at radius 1 is 1.50 bits per heavy atom. The van der Waals surface area contributed by atoms with Crippen molar-refractivity contribution in [3.8, 4) is 0 Å². The van der Waals surface area contributed by atoms with Gasteiger partial charge in [0.15, 0.2) is 0 Å². The Balaban J connectivity index is 1.96. The number of unbranched alkanes of at least 4 members (excludes halogenated alkanes) is 2. The SMILES string of the molecule is CCCCCNCc1cncs1. The van der Waals surface area contributed by atoms with E-state index in [-0.39, 0.29) is 0 Å². The molecule has 1 rings (SSSR count). The third kappa shape index (κ3) is 3.83. The first-order valence-corrected chi connectivity index (χ1v) is 5.39. The minimum absolute atomic E-state index is 0.981. The van der Waals surface area contributed by atoms with Crippen LogP contribution in [0.3, 0.4) is 0 Å². The fraction of sp³-hybridized carbons (Fsp3) is 0.667. The van der Waals surface area contributed by atoms with E-state index in [0.29, 0.717) is 0 Å². The largest absolute Gasteiger partial charge is 0.312 e. The van der Waals surface area contributed by atoms with Crippen molar-refractivity contribution < 1.29 is 0 Å². The van der Waals surface area contributed by atoms with Crippen LogP contribution in [0.4, 0.5) is 0 Å². The second-order valence-corrected chi connectivity index (χ2v) is 3.82.